The van der Waals surface area contributed by atoms with Crippen molar-refractivity contribution < 1.29 is 4.79 Å². The number of hydrogen-bond acceptors (Lipinski definition) is 3. The molecule has 5 nitrogen and oxygen atoms in total. The Labute approximate surface area is 179 Å². The van der Waals surface area contributed by atoms with Crippen LogP contribution in [-0.4, -0.2) is 65.9 Å². The maximum Gasteiger partial charge on any atom is 0.224 e. The van der Waals surface area contributed by atoms with Gasteiger partial charge in [0.2, 0.25) is 5.91 Å². The van der Waals surface area contributed by atoms with Crippen LogP contribution >= 0.6 is 35.7 Å². The van der Waals surface area contributed by atoms with Crippen LogP contribution in [0.4, 0.5) is 0 Å². The number of rotatable bonds is 5. The second-order valence-electron chi connectivity index (χ2n) is 6.99. The van der Waals surface area contributed by atoms with Crippen molar-refractivity contribution in [3.8, 4) is 0 Å². The number of guanidine groups is 1. The molecule has 1 saturated heterocycles. The molecule has 7 heteroatoms. The molecule has 0 aliphatic carbocycles. The van der Waals surface area contributed by atoms with Crippen LogP contribution in [0.3, 0.4) is 0 Å². The number of thioether (sulfide) groups is 1. The predicted octanol–water partition coefficient (Wildman–Crippen LogP) is 3.06. The molecule has 0 atom stereocenters. The monoisotopic (exact) mass is 490 g/mol. The second-order valence-corrected chi connectivity index (χ2v) is 8.79. The molecule has 0 unspecified atom stereocenters. The minimum absolute atomic E-state index is 0. The van der Waals surface area contributed by atoms with Gasteiger partial charge in [0.05, 0.1) is 0 Å². The van der Waals surface area contributed by atoms with E-state index >= 15 is 0 Å². The first-order chi connectivity index (χ1) is 11.9. The van der Waals surface area contributed by atoms with Crippen molar-refractivity contribution in [1.29, 1.82) is 0 Å². The van der Waals surface area contributed by atoms with Gasteiger partial charge in [0.1, 0.15) is 0 Å². The highest BCUT2D eigenvalue weighted by molar-refractivity contribution is 14.0. The summed E-state index contributed by atoms with van der Waals surface area (Å²) in [5, 5.41) is 3.35. The lowest BCUT2D eigenvalue weighted by Gasteiger charge is -2.39. The van der Waals surface area contributed by atoms with Gasteiger partial charge < -0.3 is 15.1 Å². The molecule has 2 rings (SSSR count). The number of aliphatic imine (C=N–C) groups is 1. The van der Waals surface area contributed by atoms with E-state index < -0.39 is 0 Å². The molecule has 26 heavy (non-hydrogen) atoms. The van der Waals surface area contributed by atoms with Crippen molar-refractivity contribution in [3.05, 3.63) is 35.9 Å². The van der Waals surface area contributed by atoms with Gasteiger partial charge in [-0.25, -0.2) is 0 Å². The fourth-order valence-corrected chi connectivity index (χ4v) is 4.06. The third-order valence-corrected chi connectivity index (χ3v) is 5.54. The maximum absolute atomic E-state index is 12.3. The highest BCUT2D eigenvalue weighted by atomic mass is 127. The van der Waals surface area contributed by atoms with Crippen LogP contribution < -0.4 is 5.32 Å². The van der Waals surface area contributed by atoms with Crippen LogP contribution in [-0.2, 0) is 11.3 Å². The number of carbonyl (C=O) groups is 1. The number of halogens is 1. The summed E-state index contributed by atoms with van der Waals surface area (Å²) in [4.78, 5) is 20.8. The molecule has 1 N–H and O–H groups in total. The first kappa shape index (κ1) is 23.1. The van der Waals surface area contributed by atoms with E-state index in [1.54, 1.807) is 11.9 Å². The fourth-order valence-electron chi connectivity index (χ4n) is 2.95. The first-order valence-corrected chi connectivity index (χ1v) is 9.77. The van der Waals surface area contributed by atoms with Gasteiger partial charge in [-0.05, 0) is 19.4 Å². The molecule has 146 valence electrons. The Kier molecular flexibility index (Phi) is 9.78. The molecule has 1 heterocycles. The number of amides is 1. The average molecular weight is 490 g/mol. The normalized spacial score (nSPS) is 16.6. The zero-order chi connectivity index (χ0) is 18.3. The van der Waals surface area contributed by atoms with Gasteiger partial charge in [-0.2, -0.15) is 11.8 Å². The standard InChI is InChI=1S/C19H30N4OS.HI/c1-19(2)15-23(12-13-25-19)18(20-3)21-11-10-17(24)22(4)14-16-8-6-5-7-9-16;/h5-9H,10-15H2,1-4H3,(H,20,21);1H. The molecular formula is C19H31IN4OS. The van der Waals surface area contributed by atoms with Gasteiger partial charge in [-0.1, -0.05) is 30.3 Å². The Balaban J connectivity index is 0.00000338. The molecule has 0 radical (unpaired) electrons. The highest BCUT2D eigenvalue weighted by Gasteiger charge is 2.28. The van der Waals surface area contributed by atoms with Crippen LogP contribution in [0.5, 0.6) is 0 Å². The van der Waals surface area contributed by atoms with Gasteiger partial charge in [-0.15, -0.1) is 24.0 Å². The van der Waals surface area contributed by atoms with E-state index in [0.29, 0.717) is 19.5 Å². The van der Waals surface area contributed by atoms with E-state index in [4.69, 9.17) is 0 Å². The van der Waals surface area contributed by atoms with Crippen molar-refractivity contribution >= 4 is 47.6 Å². The van der Waals surface area contributed by atoms with E-state index in [-0.39, 0.29) is 34.6 Å². The molecule has 1 aliphatic heterocycles. The molecule has 0 saturated carbocycles. The van der Waals surface area contributed by atoms with E-state index in [9.17, 15) is 4.79 Å². The third kappa shape index (κ3) is 7.34. The molecule has 1 fully saturated rings. The van der Waals surface area contributed by atoms with Crippen LogP contribution in [0.2, 0.25) is 0 Å². The maximum atomic E-state index is 12.3. The average Bonchev–Trinajstić information content (AvgIpc) is 2.58. The van der Waals surface area contributed by atoms with Crippen molar-refractivity contribution in [2.24, 2.45) is 4.99 Å². The van der Waals surface area contributed by atoms with Crippen molar-refractivity contribution in [2.45, 2.75) is 31.6 Å². The Morgan fingerprint density at radius 1 is 1.35 bits per heavy atom. The van der Waals surface area contributed by atoms with Crippen LogP contribution in [0.15, 0.2) is 35.3 Å². The summed E-state index contributed by atoms with van der Waals surface area (Å²) < 4.78 is 0.238. The van der Waals surface area contributed by atoms with E-state index in [1.807, 2.05) is 49.1 Å². The van der Waals surface area contributed by atoms with Crippen LogP contribution in [0.25, 0.3) is 0 Å². The van der Waals surface area contributed by atoms with Gasteiger partial charge in [0.15, 0.2) is 5.96 Å². The van der Waals surface area contributed by atoms with Gasteiger partial charge in [0, 0.05) is 57.2 Å². The molecule has 1 aromatic rings. The lowest BCUT2D eigenvalue weighted by atomic mass is 10.2. The highest BCUT2D eigenvalue weighted by Crippen LogP contribution is 2.29. The topological polar surface area (TPSA) is 47.9 Å². The summed E-state index contributed by atoms with van der Waals surface area (Å²) in [5.74, 6) is 2.14. The summed E-state index contributed by atoms with van der Waals surface area (Å²) in [5.41, 5.74) is 1.15. The number of hydrogen-bond donors (Lipinski definition) is 1. The molecule has 0 spiro atoms. The molecule has 0 bridgehead atoms. The summed E-state index contributed by atoms with van der Waals surface area (Å²) in [6, 6.07) is 10.1. The Hall–Kier alpha value is -0.960. The second kappa shape index (κ2) is 11.0. The van der Waals surface area contributed by atoms with Crippen molar-refractivity contribution in [1.82, 2.24) is 15.1 Å². The zero-order valence-electron chi connectivity index (χ0n) is 16.2. The Bertz CT molecular complexity index is 594. The fraction of sp³-hybridized carbons (Fsp3) is 0.579. The number of benzene rings is 1. The number of nitrogens with zero attached hydrogens (tertiary/aromatic N) is 3. The summed E-state index contributed by atoms with van der Waals surface area (Å²) in [6.07, 6.45) is 0.467. The zero-order valence-corrected chi connectivity index (χ0v) is 19.3. The number of carbonyl (C=O) groups excluding carboxylic acids is 1. The molecule has 1 amide bonds. The SMILES string of the molecule is CN=C(NCCC(=O)N(C)Cc1ccccc1)N1CCSC(C)(C)C1.I. The Morgan fingerprint density at radius 2 is 2.04 bits per heavy atom. The van der Waals surface area contributed by atoms with E-state index in [1.165, 1.54) is 0 Å². The van der Waals surface area contributed by atoms with Gasteiger partial charge >= 0.3 is 0 Å². The first-order valence-electron chi connectivity index (χ1n) is 8.79. The summed E-state index contributed by atoms with van der Waals surface area (Å²) in [7, 11) is 3.66. The Morgan fingerprint density at radius 3 is 2.65 bits per heavy atom. The van der Waals surface area contributed by atoms with Crippen LogP contribution in [0.1, 0.15) is 25.8 Å². The predicted molar refractivity (Wildman–Crippen MR) is 122 cm³/mol. The van der Waals surface area contributed by atoms with Gasteiger partial charge in [0.25, 0.3) is 0 Å². The van der Waals surface area contributed by atoms with Crippen molar-refractivity contribution in [2.75, 3.05) is 39.5 Å². The van der Waals surface area contributed by atoms with E-state index in [0.717, 1.165) is 30.4 Å². The minimum atomic E-state index is 0. The lowest BCUT2D eigenvalue weighted by molar-refractivity contribution is -0.130. The summed E-state index contributed by atoms with van der Waals surface area (Å²) >= 11 is 2.00. The summed E-state index contributed by atoms with van der Waals surface area (Å²) in [6.45, 7) is 7.74. The van der Waals surface area contributed by atoms with Gasteiger partial charge in [-0.3, -0.25) is 9.79 Å². The number of nitrogens with one attached hydrogen (secondary N) is 1. The van der Waals surface area contributed by atoms with Crippen molar-refractivity contribution in [3.63, 3.8) is 0 Å². The molecular weight excluding hydrogens is 459 g/mol. The lowest BCUT2D eigenvalue weighted by Crippen LogP contribution is -2.51. The largest absolute Gasteiger partial charge is 0.356 e. The quantitative estimate of drug-likeness (QED) is 0.392. The molecule has 0 aromatic heterocycles. The van der Waals surface area contributed by atoms with Crippen LogP contribution in [0, 0.1) is 0 Å². The minimum Gasteiger partial charge on any atom is -0.356 e. The third-order valence-electron chi connectivity index (χ3n) is 4.25. The molecule has 1 aliphatic rings. The smallest absolute Gasteiger partial charge is 0.224 e. The molecule has 1 aromatic carbocycles. The van der Waals surface area contributed by atoms with E-state index in [2.05, 4.69) is 29.1 Å².